The summed E-state index contributed by atoms with van der Waals surface area (Å²) in [5.41, 5.74) is 1.98. The molecule has 2 aromatic heterocycles. The van der Waals surface area contributed by atoms with E-state index >= 15 is 0 Å². The summed E-state index contributed by atoms with van der Waals surface area (Å²) in [4.78, 5) is 21.4. The minimum absolute atomic E-state index is 0.0110. The van der Waals surface area contributed by atoms with Gasteiger partial charge in [-0.2, -0.15) is 4.98 Å². The van der Waals surface area contributed by atoms with Gasteiger partial charge in [0.1, 0.15) is 6.04 Å². The van der Waals surface area contributed by atoms with Crippen LogP contribution in [-0.4, -0.2) is 21.0 Å². The van der Waals surface area contributed by atoms with E-state index in [-0.39, 0.29) is 29.7 Å². The van der Waals surface area contributed by atoms with Gasteiger partial charge in [-0.15, -0.1) is 0 Å². The number of carbonyl (C=O) groups is 1. The molecule has 0 bridgehead atoms. The number of carbonyl (C=O) groups excluding carboxylic acids is 1. The van der Waals surface area contributed by atoms with Gasteiger partial charge in [0.15, 0.2) is 0 Å². The Morgan fingerprint density at radius 3 is 2.71 bits per heavy atom. The van der Waals surface area contributed by atoms with Crippen molar-refractivity contribution in [1.29, 1.82) is 0 Å². The van der Waals surface area contributed by atoms with E-state index in [1.807, 2.05) is 38.1 Å². The maximum Gasteiger partial charge on any atom is 0.249 e. The molecule has 1 fully saturated rings. The van der Waals surface area contributed by atoms with E-state index in [2.05, 4.69) is 48.5 Å². The predicted molar refractivity (Wildman–Crippen MR) is 108 cm³/mol. The molecule has 7 heteroatoms. The lowest BCUT2D eigenvalue weighted by Gasteiger charge is -2.18. The van der Waals surface area contributed by atoms with Gasteiger partial charge < -0.3 is 9.84 Å². The third-order valence-electron chi connectivity index (χ3n) is 5.02. The first-order valence-electron chi connectivity index (χ1n) is 9.32. The van der Waals surface area contributed by atoms with Crippen molar-refractivity contribution in [3.63, 3.8) is 0 Å². The van der Waals surface area contributed by atoms with Crippen molar-refractivity contribution in [2.75, 3.05) is 0 Å². The van der Waals surface area contributed by atoms with E-state index in [0.29, 0.717) is 11.7 Å². The summed E-state index contributed by atoms with van der Waals surface area (Å²) in [6, 6.07) is 11.5. The number of pyridine rings is 1. The summed E-state index contributed by atoms with van der Waals surface area (Å²) in [5, 5.41) is 7.16. The standard InChI is InChI=1S/C21H21BrN4O2/c1-12(2)18(21-25-19(26-28-21)14-4-3-9-23-11-14)24-20(27)17-10-16(17)13-5-7-15(22)8-6-13/h3-9,11-12,16-18H,10H2,1-2H3,(H,24,27). The highest BCUT2D eigenvalue weighted by molar-refractivity contribution is 9.10. The molecule has 0 saturated heterocycles. The Morgan fingerprint density at radius 2 is 2.04 bits per heavy atom. The van der Waals surface area contributed by atoms with Crippen LogP contribution in [0.25, 0.3) is 11.4 Å². The summed E-state index contributed by atoms with van der Waals surface area (Å²) >= 11 is 3.45. The van der Waals surface area contributed by atoms with Crippen LogP contribution in [-0.2, 0) is 4.79 Å². The number of nitrogens with one attached hydrogen (secondary N) is 1. The second-order valence-electron chi connectivity index (χ2n) is 7.43. The van der Waals surface area contributed by atoms with Crippen LogP contribution < -0.4 is 5.32 Å². The minimum atomic E-state index is -0.323. The quantitative estimate of drug-likeness (QED) is 0.609. The van der Waals surface area contributed by atoms with Crippen LogP contribution in [0, 0.1) is 11.8 Å². The van der Waals surface area contributed by atoms with Gasteiger partial charge >= 0.3 is 0 Å². The number of rotatable bonds is 6. The number of halogens is 1. The number of aromatic nitrogens is 3. The molecule has 1 aliphatic carbocycles. The highest BCUT2D eigenvalue weighted by Gasteiger charge is 2.45. The number of benzene rings is 1. The van der Waals surface area contributed by atoms with Crippen molar-refractivity contribution >= 4 is 21.8 Å². The van der Waals surface area contributed by atoms with Crippen LogP contribution in [0.3, 0.4) is 0 Å². The lowest BCUT2D eigenvalue weighted by atomic mass is 10.0. The zero-order chi connectivity index (χ0) is 19.7. The van der Waals surface area contributed by atoms with Crippen molar-refractivity contribution in [2.24, 2.45) is 11.8 Å². The SMILES string of the molecule is CC(C)C(NC(=O)C1CC1c1ccc(Br)cc1)c1nc(-c2cccnc2)no1. The number of hydrogen-bond acceptors (Lipinski definition) is 5. The van der Waals surface area contributed by atoms with Gasteiger partial charge in [0.2, 0.25) is 17.6 Å². The molecular formula is C21H21BrN4O2. The summed E-state index contributed by atoms with van der Waals surface area (Å²) in [6.07, 6.45) is 4.24. The van der Waals surface area contributed by atoms with Crippen molar-refractivity contribution in [3.8, 4) is 11.4 Å². The Bertz CT molecular complexity index is 956. The lowest BCUT2D eigenvalue weighted by Crippen LogP contribution is -2.33. The molecule has 0 radical (unpaired) electrons. The fourth-order valence-electron chi connectivity index (χ4n) is 3.31. The zero-order valence-corrected chi connectivity index (χ0v) is 17.3. The van der Waals surface area contributed by atoms with Crippen molar-refractivity contribution < 1.29 is 9.32 Å². The first kappa shape index (κ1) is 18.8. The van der Waals surface area contributed by atoms with E-state index in [9.17, 15) is 4.79 Å². The Hall–Kier alpha value is -2.54. The second kappa shape index (κ2) is 7.83. The Morgan fingerprint density at radius 1 is 1.25 bits per heavy atom. The summed E-state index contributed by atoms with van der Waals surface area (Å²) in [7, 11) is 0. The van der Waals surface area contributed by atoms with Crippen molar-refractivity contribution in [3.05, 3.63) is 64.7 Å². The lowest BCUT2D eigenvalue weighted by molar-refractivity contribution is -0.123. The van der Waals surface area contributed by atoms with Gasteiger partial charge in [0, 0.05) is 28.3 Å². The van der Waals surface area contributed by atoms with Crippen LogP contribution in [0.4, 0.5) is 0 Å². The largest absolute Gasteiger partial charge is 0.344 e. The van der Waals surface area contributed by atoms with Crippen LogP contribution >= 0.6 is 15.9 Å². The molecule has 1 amide bonds. The maximum atomic E-state index is 12.8. The molecule has 6 nitrogen and oxygen atoms in total. The predicted octanol–water partition coefficient (Wildman–Crippen LogP) is 4.51. The minimum Gasteiger partial charge on any atom is -0.344 e. The average Bonchev–Trinajstić information content (AvgIpc) is 3.35. The van der Waals surface area contributed by atoms with E-state index in [4.69, 9.17) is 4.52 Å². The normalized spacial score (nSPS) is 19.4. The topological polar surface area (TPSA) is 80.9 Å². The number of nitrogens with zero attached hydrogens (tertiary/aromatic N) is 3. The molecule has 3 atom stereocenters. The molecule has 0 aliphatic heterocycles. The third kappa shape index (κ3) is 3.99. The van der Waals surface area contributed by atoms with Gasteiger partial charge in [0.25, 0.3) is 0 Å². The van der Waals surface area contributed by atoms with E-state index in [1.165, 1.54) is 5.56 Å². The van der Waals surface area contributed by atoms with Crippen molar-refractivity contribution in [2.45, 2.75) is 32.2 Å². The second-order valence-corrected chi connectivity index (χ2v) is 8.34. The molecule has 3 aromatic rings. The molecule has 1 saturated carbocycles. The van der Waals surface area contributed by atoms with Gasteiger partial charge in [-0.3, -0.25) is 9.78 Å². The van der Waals surface area contributed by atoms with Crippen LogP contribution in [0.1, 0.15) is 43.7 Å². The van der Waals surface area contributed by atoms with Gasteiger partial charge in [-0.1, -0.05) is 47.1 Å². The van der Waals surface area contributed by atoms with Crippen LogP contribution in [0.2, 0.25) is 0 Å². The molecule has 28 heavy (non-hydrogen) atoms. The fraction of sp³-hybridized carbons (Fsp3) is 0.333. The molecule has 1 aromatic carbocycles. The smallest absolute Gasteiger partial charge is 0.249 e. The number of hydrogen-bond donors (Lipinski definition) is 1. The van der Waals surface area contributed by atoms with E-state index < -0.39 is 0 Å². The van der Waals surface area contributed by atoms with Crippen molar-refractivity contribution in [1.82, 2.24) is 20.4 Å². The molecule has 144 valence electrons. The molecule has 4 rings (SSSR count). The van der Waals surface area contributed by atoms with E-state index in [1.54, 1.807) is 12.4 Å². The molecular weight excluding hydrogens is 420 g/mol. The van der Waals surface area contributed by atoms with Gasteiger partial charge in [-0.25, -0.2) is 0 Å². The highest BCUT2D eigenvalue weighted by Crippen LogP contribution is 2.48. The van der Waals surface area contributed by atoms with Crippen LogP contribution in [0.5, 0.6) is 0 Å². The fourth-order valence-corrected chi connectivity index (χ4v) is 3.58. The number of amides is 1. The Kier molecular flexibility index (Phi) is 5.26. The van der Waals surface area contributed by atoms with Crippen LogP contribution in [0.15, 0.2) is 57.8 Å². The zero-order valence-electron chi connectivity index (χ0n) is 15.7. The Labute approximate surface area is 171 Å². The highest BCUT2D eigenvalue weighted by atomic mass is 79.9. The molecule has 3 unspecified atom stereocenters. The van der Waals surface area contributed by atoms with E-state index in [0.717, 1.165) is 16.5 Å². The van der Waals surface area contributed by atoms with Gasteiger partial charge in [0.05, 0.1) is 0 Å². The maximum absolute atomic E-state index is 12.8. The monoisotopic (exact) mass is 440 g/mol. The molecule has 1 N–H and O–H groups in total. The summed E-state index contributed by atoms with van der Waals surface area (Å²) < 4.78 is 6.50. The molecule has 1 aliphatic rings. The third-order valence-corrected chi connectivity index (χ3v) is 5.55. The van der Waals surface area contributed by atoms with Gasteiger partial charge in [-0.05, 0) is 48.1 Å². The first-order chi connectivity index (χ1) is 13.5. The molecule has 0 spiro atoms. The first-order valence-corrected chi connectivity index (χ1v) is 10.1. The summed E-state index contributed by atoms with van der Waals surface area (Å²) in [6.45, 7) is 4.05. The summed E-state index contributed by atoms with van der Waals surface area (Å²) in [5.74, 6) is 1.31. The Balaban J connectivity index is 1.45. The molecule has 2 heterocycles. The average molecular weight is 441 g/mol.